The number of para-hydroxylation sites is 1. The second-order valence-electron chi connectivity index (χ2n) is 6.35. The van der Waals surface area contributed by atoms with Crippen molar-refractivity contribution in [2.75, 3.05) is 43.8 Å². The number of hydrogen-bond donors (Lipinski definition) is 1. The molecule has 0 heterocycles. The molecular formula is C20H24N2O7S. The zero-order valence-corrected chi connectivity index (χ0v) is 18.2. The van der Waals surface area contributed by atoms with Gasteiger partial charge in [0.1, 0.15) is 6.54 Å². The van der Waals surface area contributed by atoms with Gasteiger partial charge < -0.3 is 19.5 Å². The molecule has 0 atom stereocenters. The summed E-state index contributed by atoms with van der Waals surface area (Å²) in [4.78, 5) is 24.9. The molecule has 1 N–H and O–H groups in total. The molecule has 0 bridgehead atoms. The summed E-state index contributed by atoms with van der Waals surface area (Å²) in [5, 5.41) is 2.56. The minimum Gasteiger partial charge on any atom is -0.493 e. The summed E-state index contributed by atoms with van der Waals surface area (Å²) < 4.78 is 40.8. The molecule has 0 radical (unpaired) electrons. The van der Waals surface area contributed by atoms with Gasteiger partial charge in [-0.2, -0.15) is 0 Å². The van der Waals surface area contributed by atoms with Crippen molar-refractivity contribution >= 4 is 33.3 Å². The zero-order valence-electron chi connectivity index (χ0n) is 17.4. The summed E-state index contributed by atoms with van der Waals surface area (Å²) in [7, 11) is 0.270. The molecule has 2 aromatic rings. The molecular weight excluding hydrogens is 412 g/mol. The Morgan fingerprint density at radius 3 is 2.17 bits per heavy atom. The minimum atomic E-state index is -3.75. The standard InChI is InChI=1S/C20H24N2O7S/c1-13-8-6-7-9-16(13)22(30(5,25)26)12-19(23)21-15-11-18(28-3)17(27-2)10-14(15)20(24)29-4/h6-11H,12H2,1-5H3,(H,21,23). The van der Waals surface area contributed by atoms with Crippen molar-refractivity contribution in [1.82, 2.24) is 0 Å². The van der Waals surface area contributed by atoms with Crippen molar-refractivity contribution in [1.29, 1.82) is 0 Å². The SMILES string of the molecule is COC(=O)c1cc(OC)c(OC)cc1NC(=O)CN(c1ccccc1C)S(C)(=O)=O. The molecule has 0 saturated carbocycles. The summed E-state index contributed by atoms with van der Waals surface area (Å²) >= 11 is 0. The largest absolute Gasteiger partial charge is 0.493 e. The van der Waals surface area contributed by atoms with E-state index in [0.29, 0.717) is 11.3 Å². The number of nitrogens with zero attached hydrogens (tertiary/aromatic N) is 1. The number of carbonyl (C=O) groups is 2. The topological polar surface area (TPSA) is 111 Å². The highest BCUT2D eigenvalue weighted by atomic mass is 32.2. The maximum absolute atomic E-state index is 12.7. The van der Waals surface area contributed by atoms with Crippen LogP contribution in [0, 0.1) is 6.92 Å². The highest BCUT2D eigenvalue weighted by molar-refractivity contribution is 7.92. The quantitative estimate of drug-likeness (QED) is 0.632. The van der Waals surface area contributed by atoms with Gasteiger partial charge in [-0.05, 0) is 18.6 Å². The Labute approximate surface area is 175 Å². The molecule has 9 nitrogen and oxygen atoms in total. The monoisotopic (exact) mass is 436 g/mol. The van der Waals surface area contributed by atoms with Crippen molar-refractivity contribution in [3.05, 3.63) is 47.5 Å². The van der Waals surface area contributed by atoms with E-state index >= 15 is 0 Å². The third-order valence-electron chi connectivity index (χ3n) is 4.27. The molecule has 2 aromatic carbocycles. The number of carbonyl (C=O) groups excluding carboxylic acids is 2. The van der Waals surface area contributed by atoms with Crippen LogP contribution in [-0.4, -0.2) is 54.4 Å². The molecule has 0 spiro atoms. The van der Waals surface area contributed by atoms with Crippen molar-refractivity contribution in [2.45, 2.75) is 6.92 Å². The Bertz CT molecular complexity index is 1050. The smallest absolute Gasteiger partial charge is 0.340 e. The van der Waals surface area contributed by atoms with Crippen LogP contribution in [-0.2, 0) is 19.6 Å². The van der Waals surface area contributed by atoms with E-state index in [9.17, 15) is 18.0 Å². The number of amides is 1. The van der Waals surface area contributed by atoms with Crippen molar-refractivity contribution in [2.24, 2.45) is 0 Å². The van der Waals surface area contributed by atoms with Gasteiger partial charge in [0, 0.05) is 12.1 Å². The lowest BCUT2D eigenvalue weighted by molar-refractivity contribution is -0.114. The summed E-state index contributed by atoms with van der Waals surface area (Å²) in [6.45, 7) is 1.26. The first-order valence-corrected chi connectivity index (χ1v) is 10.6. The molecule has 0 aromatic heterocycles. The van der Waals surface area contributed by atoms with Crippen molar-refractivity contribution in [3.63, 3.8) is 0 Å². The number of sulfonamides is 1. The highest BCUT2D eigenvalue weighted by Gasteiger charge is 2.24. The third kappa shape index (κ3) is 5.20. The Morgan fingerprint density at radius 1 is 1.03 bits per heavy atom. The molecule has 0 aliphatic heterocycles. The van der Waals surface area contributed by atoms with Crippen LogP contribution in [0.25, 0.3) is 0 Å². The van der Waals surface area contributed by atoms with Crippen LogP contribution >= 0.6 is 0 Å². The molecule has 2 rings (SSSR count). The Hall–Kier alpha value is -3.27. The fourth-order valence-corrected chi connectivity index (χ4v) is 3.72. The maximum Gasteiger partial charge on any atom is 0.340 e. The van der Waals surface area contributed by atoms with Crippen LogP contribution in [0.3, 0.4) is 0 Å². The molecule has 0 saturated heterocycles. The van der Waals surface area contributed by atoms with Crippen LogP contribution in [0.15, 0.2) is 36.4 Å². The van der Waals surface area contributed by atoms with Crippen molar-refractivity contribution in [3.8, 4) is 11.5 Å². The van der Waals surface area contributed by atoms with E-state index in [1.807, 2.05) is 0 Å². The average Bonchev–Trinajstić information content (AvgIpc) is 2.70. The van der Waals surface area contributed by atoms with E-state index < -0.39 is 28.4 Å². The van der Waals surface area contributed by atoms with Gasteiger partial charge in [-0.3, -0.25) is 9.10 Å². The van der Waals surface area contributed by atoms with Gasteiger partial charge in [0.25, 0.3) is 0 Å². The third-order valence-corrected chi connectivity index (χ3v) is 5.40. The molecule has 30 heavy (non-hydrogen) atoms. The van der Waals surface area contributed by atoms with E-state index in [1.54, 1.807) is 31.2 Å². The summed E-state index contributed by atoms with van der Waals surface area (Å²) in [5.41, 5.74) is 1.21. The van der Waals surface area contributed by atoms with E-state index in [2.05, 4.69) is 5.32 Å². The molecule has 0 unspecified atom stereocenters. The van der Waals surface area contributed by atoms with Gasteiger partial charge in [0.2, 0.25) is 15.9 Å². The number of esters is 1. The van der Waals surface area contributed by atoms with Crippen molar-refractivity contribution < 1.29 is 32.2 Å². The fourth-order valence-electron chi connectivity index (χ4n) is 2.81. The second kappa shape index (κ2) is 9.49. The Balaban J connectivity index is 2.40. The zero-order chi connectivity index (χ0) is 22.5. The van der Waals surface area contributed by atoms with Crippen LogP contribution < -0.4 is 19.1 Å². The van der Waals surface area contributed by atoms with E-state index in [4.69, 9.17) is 14.2 Å². The number of methoxy groups -OCH3 is 3. The first kappa shape index (κ1) is 23.0. The highest BCUT2D eigenvalue weighted by Crippen LogP contribution is 2.34. The van der Waals surface area contributed by atoms with Gasteiger partial charge in [0.05, 0.1) is 44.5 Å². The predicted octanol–water partition coefficient (Wildman–Crippen LogP) is 2.20. The number of anilines is 2. The predicted molar refractivity (Wildman–Crippen MR) is 113 cm³/mol. The van der Waals surface area contributed by atoms with E-state index in [0.717, 1.165) is 10.6 Å². The van der Waals surface area contributed by atoms with Crippen LogP contribution in [0.1, 0.15) is 15.9 Å². The first-order valence-electron chi connectivity index (χ1n) is 8.79. The van der Waals surface area contributed by atoms with Gasteiger partial charge in [0.15, 0.2) is 11.5 Å². The lowest BCUT2D eigenvalue weighted by atomic mass is 10.1. The maximum atomic E-state index is 12.7. The fraction of sp³-hybridized carbons (Fsp3) is 0.300. The lowest BCUT2D eigenvalue weighted by Gasteiger charge is -2.24. The second-order valence-corrected chi connectivity index (χ2v) is 8.26. The molecule has 0 aliphatic rings. The molecule has 0 fully saturated rings. The Morgan fingerprint density at radius 2 is 1.63 bits per heavy atom. The van der Waals surface area contributed by atoms with Crippen LogP contribution in [0.4, 0.5) is 11.4 Å². The van der Waals surface area contributed by atoms with E-state index in [1.165, 1.54) is 33.5 Å². The molecule has 162 valence electrons. The summed E-state index contributed by atoms with van der Waals surface area (Å²) in [5.74, 6) is -0.806. The van der Waals surface area contributed by atoms with Crippen LogP contribution in [0.2, 0.25) is 0 Å². The summed E-state index contributed by atoms with van der Waals surface area (Å²) in [6.07, 6.45) is 1.02. The first-order chi connectivity index (χ1) is 14.1. The lowest BCUT2D eigenvalue weighted by Crippen LogP contribution is -2.38. The normalized spacial score (nSPS) is 10.8. The minimum absolute atomic E-state index is 0.0327. The van der Waals surface area contributed by atoms with Gasteiger partial charge >= 0.3 is 5.97 Å². The number of ether oxygens (including phenoxy) is 3. The van der Waals surface area contributed by atoms with Gasteiger partial charge in [-0.25, -0.2) is 13.2 Å². The number of aryl methyl sites for hydroxylation is 1. The molecule has 0 aliphatic carbocycles. The molecule has 1 amide bonds. The number of rotatable bonds is 8. The molecule has 10 heteroatoms. The number of hydrogen-bond acceptors (Lipinski definition) is 7. The van der Waals surface area contributed by atoms with Gasteiger partial charge in [-0.1, -0.05) is 18.2 Å². The number of nitrogens with one attached hydrogen (secondary N) is 1. The number of benzene rings is 2. The Kier molecular flexibility index (Phi) is 7.28. The summed E-state index contributed by atoms with van der Waals surface area (Å²) in [6, 6.07) is 9.58. The average molecular weight is 436 g/mol. The van der Waals surface area contributed by atoms with Crippen LogP contribution in [0.5, 0.6) is 11.5 Å². The van der Waals surface area contributed by atoms with E-state index in [-0.39, 0.29) is 22.7 Å². The van der Waals surface area contributed by atoms with Gasteiger partial charge in [-0.15, -0.1) is 0 Å².